The normalized spacial score (nSPS) is 11.3. The molecule has 0 unspecified atom stereocenters. The maximum atomic E-state index is 12.5. The highest BCUT2D eigenvalue weighted by molar-refractivity contribution is 6.12. The van der Waals surface area contributed by atoms with Gasteiger partial charge in [0.25, 0.3) is 5.69 Å². The van der Waals surface area contributed by atoms with Gasteiger partial charge in [-0.2, -0.15) is 0 Å². The van der Waals surface area contributed by atoms with Crippen molar-refractivity contribution in [2.24, 2.45) is 0 Å². The van der Waals surface area contributed by atoms with Crippen molar-refractivity contribution in [2.75, 3.05) is 5.32 Å². The summed E-state index contributed by atoms with van der Waals surface area (Å²) in [4.78, 5) is 30.5. The second-order valence-corrected chi connectivity index (χ2v) is 7.51. The molecule has 0 saturated carbocycles. The molecule has 2 N–H and O–H groups in total. The van der Waals surface area contributed by atoms with Gasteiger partial charge in [0.2, 0.25) is 0 Å². The van der Waals surface area contributed by atoms with Gasteiger partial charge in [0, 0.05) is 57.8 Å². The molecule has 0 atom stereocenters. The van der Waals surface area contributed by atoms with E-state index in [1.807, 2.05) is 42.6 Å². The number of nitrogens with one attached hydrogen (secondary N) is 2. The molecular weight excluding hydrogens is 416 g/mol. The molecule has 2 aromatic heterocycles. The van der Waals surface area contributed by atoms with Crippen molar-refractivity contribution in [2.45, 2.75) is 0 Å². The number of carbonyl (C=O) groups excluding carboxylic acids is 1. The maximum absolute atomic E-state index is 12.5. The summed E-state index contributed by atoms with van der Waals surface area (Å²) in [6.07, 6.45) is 6.78. The van der Waals surface area contributed by atoms with E-state index in [9.17, 15) is 14.9 Å². The second-order valence-electron chi connectivity index (χ2n) is 7.51. The van der Waals surface area contributed by atoms with Crippen LogP contribution in [0.2, 0.25) is 0 Å². The highest BCUT2D eigenvalue weighted by Crippen LogP contribution is 2.31. The molecule has 7 nitrogen and oxygen atoms in total. The van der Waals surface area contributed by atoms with E-state index in [0.29, 0.717) is 11.1 Å². The molecule has 3 aromatic carbocycles. The molecule has 0 spiro atoms. The Bertz CT molecular complexity index is 1520. The predicted octanol–water partition coefficient (Wildman–Crippen LogP) is 6.26. The van der Waals surface area contributed by atoms with Crippen LogP contribution in [-0.4, -0.2) is 20.7 Å². The van der Waals surface area contributed by atoms with E-state index in [1.54, 1.807) is 36.5 Å². The number of nitro benzene ring substituents is 1. The average Bonchev–Trinajstić information content (AvgIpc) is 3.32. The van der Waals surface area contributed by atoms with E-state index in [2.05, 4.69) is 15.3 Å². The number of rotatable bonds is 6. The number of hydrogen-bond donors (Lipinski definition) is 2. The van der Waals surface area contributed by atoms with Gasteiger partial charge in [0.05, 0.1) is 10.4 Å². The number of nitrogens with zero attached hydrogens (tertiary/aromatic N) is 2. The van der Waals surface area contributed by atoms with Crippen molar-refractivity contribution in [3.05, 3.63) is 113 Å². The number of hydrogen-bond acceptors (Lipinski definition) is 5. The summed E-state index contributed by atoms with van der Waals surface area (Å²) in [6.45, 7) is 0. The van der Waals surface area contributed by atoms with Gasteiger partial charge in [-0.3, -0.25) is 19.9 Å². The number of aromatic nitrogens is 2. The maximum Gasteiger partial charge on any atom is 0.269 e. The minimum absolute atomic E-state index is 0.0148. The Hall–Kier alpha value is -4.78. The Morgan fingerprint density at radius 1 is 0.970 bits per heavy atom. The van der Waals surface area contributed by atoms with Gasteiger partial charge in [-0.05, 0) is 72.3 Å². The van der Waals surface area contributed by atoms with Gasteiger partial charge in [-0.15, -0.1) is 0 Å². The van der Waals surface area contributed by atoms with Gasteiger partial charge in [0.15, 0.2) is 5.78 Å². The highest BCUT2D eigenvalue weighted by Gasteiger charge is 2.09. The Labute approximate surface area is 188 Å². The molecule has 0 aliphatic heterocycles. The Balaban J connectivity index is 1.34. The van der Waals surface area contributed by atoms with Crippen LogP contribution in [-0.2, 0) is 0 Å². The third-order valence-electron chi connectivity index (χ3n) is 5.41. The fraction of sp³-hybridized carbons (Fsp3) is 0. The number of non-ortho nitro benzene ring substituents is 1. The number of benzene rings is 3. The monoisotopic (exact) mass is 434 g/mol. The van der Waals surface area contributed by atoms with Crippen LogP contribution in [0, 0.1) is 10.1 Å². The lowest BCUT2D eigenvalue weighted by atomic mass is 10.1. The van der Waals surface area contributed by atoms with Gasteiger partial charge < -0.3 is 10.3 Å². The molecular formula is C26H18N4O3. The molecule has 0 aliphatic rings. The van der Waals surface area contributed by atoms with Gasteiger partial charge in [-0.25, -0.2) is 0 Å². The summed E-state index contributed by atoms with van der Waals surface area (Å²) in [5.74, 6) is -0.149. The Morgan fingerprint density at radius 2 is 1.76 bits per heavy atom. The molecule has 0 amide bonds. The quantitative estimate of drug-likeness (QED) is 0.142. The van der Waals surface area contributed by atoms with Crippen LogP contribution >= 0.6 is 0 Å². The minimum atomic E-state index is -0.454. The van der Waals surface area contributed by atoms with Gasteiger partial charge in [-0.1, -0.05) is 6.08 Å². The highest BCUT2D eigenvalue weighted by atomic mass is 16.6. The van der Waals surface area contributed by atoms with Crippen molar-refractivity contribution < 1.29 is 9.72 Å². The molecule has 0 aliphatic carbocycles. The average molecular weight is 434 g/mol. The van der Waals surface area contributed by atoms with Crippen molar-refractivity contribution in [1.82, 2.24) is 9.97 Å². The fourth-order valence-corrected chi connectivity index (χ4v) is 3.74. The molecule has 7 heteroatoms. The minimum Gasteiger partial charge on any atom is -0.361 e. The van der Waals surface area contributed by atoms with Crippen molar-refractivity contribution in [1.29, 1.82) is 0 Å². The van der Waals surface area contributed by atoms with Gasteiger partial charge in [0.1, 0.15) is 0 Å². The molecule has 0 radical (unpaired) electrons. The van der Waals surface area contributed by atoms with Crippen LogP contribution in [0.4, 0.5) is 17.1 Å². The van der Waals surface area contributed by atoms with E-state index < -0.39 is 4.92 Å². The number of allylic oxidation sites excluding steroid dienone is 1. The first-order valence-corrected chi connectivity index (χ1v) is 10.3. The first-order valence-electron chi connectivity index (χ1n) is 10.3. The van der Waals surface area contributed by atoms with Crippen LogP contribution in [0.15, 0.2) is 91.3 Å². The zero-order valence-electron chi connectivity index (χ0n) is 17.4. The molecule has 33 heavy (non-hydrogen) atoms. The Morgan fingerprint density at radius 3 is 2.52 bits per heavy atom. The molecule has 0 fully saturated rings. The van der Waals surface area contributed by atoms with Crippen LogP contribution in [0.3, 0.4) is 0 Å². The number of ketones is 1. The number of fused-ring (bicyclic) bond motifs is 3. The lowest BCUT2D eigenvalue weighted by Crippen LogP contribution is -1.96. The molecule has 0 saturated heterocycles. The van der Waals surface area contributed by atoms with Crippen LogP contribution in [0.1, 0.15) is 15.9 Å². The van der Waals surface area contributed by atoms with E-state index in [0.717, 1.165) is 33.2 Å². The molecule has 5 rings (SSSR count). The molecule has 160 valence electrons. The SMILES string of the molecule is O=C(/C=C/c1ccc([N+](=O)[O-])cc1)c1ccc(Nc2cc[nH]c3ccc4nccc4c23)cc1. The zero-order chi connectivity index (χ0) is 22.8. The predicted molar refractivity (Wildman–Crippen MR) is 130 cm³/mol. The summed E-state index contributed by atoms with van der Waals surface area (Å²) >= 11 is 0. The van der Waals surface area contributed by atoms with Crippen LogP contribution in [0.5, 0.6) is 0 Å². The van der Waals surface area contributed by atoms with E-state index in [-0.39, 0.29) is 11.5 Å². The fourth-order valence-electron chi connectivity index (χ4n) is 3.74. The number of nitro groups is 1. The number of aromatic amines is 1. The van der Waals surface area contributed by atoms with Crippen molar-refractivity contribution in [3.8, 4) is 0 Å². The lowest BCUT2D eigenvalue weighted by Gasteiger charge is -2.11. The zero-order valence-corrected chi connectivity index (χ0v) is 17.4. The number of anilines is 2. The summed E-state index contributed by atoms with van der Waals surface area (Å²) in [5.41, 5.74) is 5.02. The van der Waals surface area contributed by atoms with Crippen LogP contribution in [0.25, 0.3) is 27.9 Å². The Kier molecular flexibility index (Phi) is 5.12. The molecule has 5 aromatic rings. The second kappa shape index (κ2) is 8.39. The van der Waals surface area contributed by atoms with Gasteiger partial charge >= 0.3 is 0 Å². The van der Waals surface area contributed by atoms with Crippen molar-refractivity contribution >= 4 is 50.7 Å². The summed E-state index contributed by atoms with van der Waals surface area (Å²) < 4.78 is 0. The third kappa shape index (κ3) is 4.07. The summed E-state index contributed by atoms with van der Waals surface area (Å²) in [7, 11) is 0. The summed E-state index contributed by atoms with van der Waals surface area (Å²) in [5, 5.41) is 16.3. The number of H-pyrrole nitrogens is 1. The standard InChI is InChI=1S/C26H18N4O3/c31-25(12-3-17-1-8-20(9-2-17)30(32)33)18-4-6-19(7-5-18)29-24-14-16-28-23-11-10-22-21(26(23)24)13-15-27-22/h1-16,28-29H/b12-3+. The smallest absolute Gasteiger partial charge is 0.269 e. The van der Waals surface area contributed by atoms with E-state index in [1.165, 1.54) is 18.2 Å². The first kappa shape index (κ1) is 20.1. The number of pyridine rings is 1. The largest absolute Gasteiger partial charge is 0.361 e. The molecule has 0 bridgehead atoms. The van der Waals surface area contributed by atoms with Crippen LogP contribution < -0.4 is 5.32 Å². The van der Waals surface area contributed by atoms with E-state index >= 15 is 0 Å². The molecule has 2 heterocycles. The first-order chi connectivity index (χ1) is 16.1. The summed E-state index contributed by atoms with van der Waals surface area (Å²) in [6, 6.07) is 21.3. The number of carbonyl (C=O) groups is 1. The third-order valence-corrected chi connectivity index (χ3v) is 5.41. The topological polar surface area (TPSA) is 101 Å². The van der Waals surface area contributed by atoms with Crippen molar-refractivity contribution in [3.63, 3.8) is 0 Å². The lowest BCUT2D eigenvalue weighted by molar-refractivity contribution is -0.384. The van der Waals surface area contributed by atoms with E-state index in [4.69, 9.17) is 0 Å².